The van der Waals surface area contributed by atoms with Crippen molar-refractivity contribution in [1.82, 2.24) is 5.32 Å². The Balaban J connectivity index is 2.16. The fourth-order valence-electron chi connectivity index (χ4n) is 1.42. The average Bonchev–Trinajstić information content (AvgIpc) is 2.30. The number of rotatable bonds is 7. The third-order valence-electron chi connectivity index (χ3n) is 2.17. The molecule has 1 amide bonds. The van der Waals surface area contributed by atoms with Crippen LogP contribution in [0.2, 0.25) is 0 Å². The Hall–Kier alpha value is -1.00. The van der Waals surface area contributed by atoms with Crippen molar-refractivity contribution in [3.05, 3.63) is 30.3 Å². The van der Waals surface area contributed by atoms with Crippen molar-refractivity contribution in [3.8, 4) is 0 Å². The van der Waals surface area contributed by atoms with E-state index in [1.807, 2.05) is 25.1 Å². The van der Waals surface area contributed by atoms with Crippen molar-refractivity contribution in [1.29, 1.82) is 0 Å². The number of hydrogen-bond donors (Lipinski definition) is 1. The van der Waals surface area contributed by atoms with Crippen LogP contribution in [0.1, 0.15) is 13.3 Å². The first-order valence-electron chi connectivity index (χ1n) is 5.68. The summed E-state index contributed by atoms with van der Waals surface area (Å²) in [6.45, 7) is 2.49. The van der Waals surface area contributed by atoms with Gasteiger partial charge in [-0.05, 0) is 19.1 Å². The Kier molecular flexibility index (Phi) is 6.74. The molecule has 0 aliphatic carbocycles. The third-order valence-corrected chi connectivity index (χ3v) is 3.18. The highest BCUT2D eigenvalue weighted by atomic mass is 32.2. The topological polar surface area (TPSA) is 38.3 Å². The fourth-order valence-corrected chi connectivity index (χ4v) is 2.29. The van der Waals surface area contributed by atoms with Crippen LogP contribution in [0.5, 0.6) is 0 Å². The quantitative estimate of drug-likeness (QED) is 0.758. The summed E-state index contributed by atoms with van der Waals surface area (Å²) in [5, 5.41) is 2.89. The van der Waals surface area contributed by atoms with Gasteiger partial charge in [0.2, 0.25) is 5.91 Å². The number of carbonyl (C=O) groups is 1. The largest absolute Gasteiger partial charge is 0.383 e. The summed E-state index contributed by atoms with van der Waals surface area (Å²) in [6.07, 6.45) is 0.535. The zero-order chi connectivity index (χ0) is 12.5. The highest BCUT2D eigenvalue weighted by Crippen LogP contribution is 2.17. The molecular formula is C13H19NO2S. The van der Waals surface area contributed by atoms with E-state index in [4.69, 9.17) is 4.74 Å². The van der Waals surface area contributed by atoms with E-state index in [0.29, 0.717) is 13.0 Å². The van der Waals surface area contributed by atoms with E-state index in [1.165, 1.54) is 4.90 Å². The molecular weight excluding hydrogens is 234 g/mol. The number of benzene rings is 1. The lowest BCUT2D eigenvalue weighted by Gasteiger charge is -2.12. The summed E-state index contributed by atoms with van der Waals surface area (Å²) in [4.78, 5) is 12.7. The first-order valence-corrected chi connectivity index (χ1v) is 6.67. The van der Waals surface area contributed by atoms with Crippen molar-refractivity contribution in [3.63, 3.8) is 0 Å². The van der Waals surface area contributed by atoms with Crippen LogP contribution in [0.3, 0.4) is 0 Å². The Morgan fingerprint density at radius 3 is 2.76 bits per heavy atom. The molecule has 94 valence electrons. The van der Waals surface area contributed by atoms with Crippen molar-refractivity contribution < 1.29 is 9.53 Å². The van der Waals surface area contributed by atoms with Crippen LogP contribution in [0.15, 0.2) is 35.2 Å². The number of ether oxygens (including phenoxy) is 1. The van der Waals surface area contributed by atoms with Crippen LogP contribution in [-0.4, -0.2) is 31.4 Å². The van der Waals surface area contributed by atoms with E-state index in [-0.39, 0.29) is 11.9 Å². The summed E-state index contributed by atoms with van der Waals surface area (Å²) in [5.74, 6) is 0.883. The Bertz CT molecular complexity index is 329. The summed E-state index contributed by atoms with van der Waals surface area (Å²) in [5.41, 5.74) is 0. The van der Waals surface area contributed by atoms with Crippen LogP contribution in [-0.2, 0) is 9.53 Å². The van der Waals surface area contributed by atoms with Gasteiger partial charge in [-0.2, -0.15) is 0 Å². The molecule has 17 heavy (non-hydrogen) atoms. The van der Waals surface area contributed by atoms with Gasteiger partial charge in [-0.25, -0.2) is 0 Å². The monoisotopic (exact) mass is 253 g/mol. The van der Waals surface area contributed by atoms with Gasteiger partial charge < -0.3 is 10.1 Å². The van der Waals surface area contributed by atoms with E-state index >= 15 is 0 Å². The molecule has 0 bridgehead atoms. The first kappa shape index (κ1) is 14.1. The second kappa shape index (κ2) is 8.14. The minimum absolute atomic E-state index is 0.0780. The van der Waals surface area contributed by atoms with Crippen LogP contribution in [0, 0.1) is 0 Å². The molecule has 0 spiro atoms. The van der Waals surface area contributed by atoms with Crippen LogP contribution in [0.25, 0.3) is 0 Å². The molecule has 0 aliphatic rings. The van der Waals surface area contributed by atoms with Gasteiger partial charge in [0, 0.05) is 30.2 Å². The average molecular weight is 253 g/mol. The van der Waals surface area contributed by atoms with Gasteiger partial charge in [0.05, 0.1) is 6.61 Å². The standard InChI is InChI=1S/C13H19NO2S/c1-11(10-16-2)14-13(15)8-9-17-12-6-4-3-5-7-12/h3-7,11H,8-10H2,1-2H3,(H,14,15)/t11-/m1/s1. The van der Waals surface area contributed by atoms with E-state index in [2.05, 4.69) is 17.4 Å². The molecule has 0 saturated carbocycles. The van der Waals surface area contributed by atoms with Crippen LogP contribution in [0.4, 0.5) is 0 Å². The summed E-state index contributed by atoms with van der Waals surface area (Å²) >= 11 is 1.70. The Morgan fingerprint density at radius 2 is 2.12 bits per heavy atom. The number of carbonyl (C=O) groups excluding carboxylic acids is 1. The molecule has 0 saturated heterocycles. The predicted molar refractivity (Wildman–Crippen MR) is 71.3 cm³/mol. The first-order chi connectivity index (χ1) is 8.22. The molecule has 1 rings (SSSR count). The van der Waals surface area contributed by atoms with Crippen molar-refractivity contribution in [2.45, 2.75) is 24.3 Å². The van der Waals surface area contributed by atoms with Gasteiger partial charge in [-0.3, -0.25) is 4.79 Å². The number of thioether (sulfide) groups is 1. The van der Waals surface area contributed by atoms with Gasteiger partial charge >= 0.3 is 0 Å². The predicted octanol–water partition coefficient (Wildman–Crippen LogP) is 2.32. The van der Waals surface area contributed by atoms with E-state index in [1.54, 1.807) is 18.9 Å². The lowest BCUT2D eigenvalue weighted by molar-refractivity contribution is -0.121. The Morgan fingerprint density at radius 1 is 1.41 bits per heavy atom. The zero-order valence-electron chi connectivity index (χ0n) is 10.3. The van der Waals surface area contributed by atoms with Crippen molar-refractivity contribution >= 4 is 17.7 Å². The molecule has 1 atom stereocenters. The minimum atomic E-state index is 0.0780. The zero-order valence-corrected chi connectivity index (χ0v) is 11.1. The molecule has 0 aliphatic heterocycles. The molecule has 4 heteroatoms. The van der Waals surface area contributed by atoms with Crippen LogP contribution >= 0.6 is 11.8 Å². The van der Waals surface area contributed by atoms with Gasteiger partial charge in [-0.15, -0.1) is 11.8 Å². The second-order valence-corrected chi connectivity index (χ2v) is 5.00. The highest BCUT2D eigenvalue weighted by molar-refractivity contribution is 7.99. The lowest BCUT2D eigenvalue weighted by atomic mass is 10.3. The van der Waals surface area contributed by atoms with Crippen LogP contribution < -0.4 is 5.32 Å². The SMILES string of the molecule is COC[C@@H](C)NC(=O)CCSc1ccccc1. The molecule has 0 unspecified atom stereocenters. The maximum absolute atomic E-state index is 11.5. The highest BCUT2D eigenvalue weighted by Gasteiger charge is 2.06. The number of nitrogens with one attached hydrogen (secondary N) is 1. The maximum Gasteiger partial charge on any atom is 0.221 e. The molecule has 3 nitrogen and oxygen atoms in total. The van der Waals surface area contributed by atoms with E-state index < -0.39 is 0 Å². The fraction of sp³-hybridized carbons (Fsp3) is 0.462. The Labute approximate surface area is 107 Å². The smallest absolute Gasteiger partial charge is 0.221 e. The molecule has 1 aromatic carbocycles. The summed E-state index contributed by atoms with van der Waals surface area (Å²) < 4.78 is 4.96. The maximum atomic E-state index is 11.5. The van der Waals surface area contributed by atoms with Gasteiger partial charge in [-0.1, -0.05) is 18.2 Å². The van der Waals surface area contributed by atoms with Gasteiger partial charge in [0.25, 0.3) is 0 Å². The summed E-state index contributed by atoms with van der Waals surface area (Å²) in [6, 6.07) is 10.2. The molecule has 0 fully saturated rings. The number of amides is 1. The van der Waals surface area contributed by atoms with Crippen molar-refractivity contribution in [2.75, 3.05) is 19.5 Å². The third kappa shape index (κ3) is 6.34. The molecule has 0 aromatic heterocycles. The van der Waals surface area contributed by atoms with Gasteiger partial charge in [0.1, 0.15) is 0 Å². The second-order valence-electron chi connectivity index (χ2n) is 3.84. The molecule has 1 N–H and O–H groups in total. The summed E-state index contributed by atoms with van der Waals surface area (Å²) in [7, 11) is 1.63. The number of methoxy groups -OCH3 is 1. The van der Waals surface area contributed by atoms with Crippen molar-refractivity contribution in [2.24, 2.45) is 0 Å². The normalized spacial score (nSPS) is 12.1. The van der Waals surface area contributed by atoms with E-state index in [0.717, 1.165) is 5.75 Å². The number of hydrogen-bond acceptors (Lipinski definition) is 3. The molecule has 0 radical (unpaired) electrons. The minimum Gasteiger partial charge on any atom is -0.383 e. The molecule has 0 heterocycles. The lowest BCUT2D eigenvalue weighted by Crippen LogP contribution is -2.35. The van der Waals surface area contributed by atoms with E-state index in [9.17, 15) is 4.79 Å². The van der Waals surface area contributed by atoms with Gasteiger partial charge in [0.15, 0.2) is 0 Å². The molecule has 1 aromatic rings.